The van der Waals surface area contributed by atoms with Crippen LogP contribution < -0.4 is 5.32 Å². The van der Waals surface area contributed by atoms with Gasteiger partial charge in [0.2, 0.25) is 5.82 Å². The van der Waals surface area contributed by atoms with Crippen LogP contribution >= 0.6 is 11.3 Å². The van der Waals surface area contributed by atoms with Gasteiger partial charge in [-0.15, -0.1) is 0 Å². The highest BCUT2D eigenvalue weighted by molar-refractivity contribution is 7.08. The second-order valence-electron chi connectivity index (χ2n) is 2.30. The number of hydrogen-bond donors (Lipinski definition) is 2. The summed E-state index contributed by atoms with van der Waals surface area (Å²) >= 11 is 1.52. The molecule has 13 heavy (non-hydrogen) atoms. The lowest BCUT2D eigenvalue weighted by Gasteiger charge is -1.97. The van der Waals surface area contributed by atoms with Crippen molar-refractivity contribution in [2.45, 2.75) is 0 Å². The maximum Gasteiger partial charge on any atom is 0.293 e. The Hall–Kier alpha value is -1.69. The lowest BCUT2D eigenvalue weighted by atomic mass is 10.5. The first-order valence-electron chi connectivity index (χ1n) is 3.55. The predicted octanol–water partition coefficient (Wildman–Crippen LogP) is 1.12. The van der Waals surface area contributed by atoms with E-state index in [9.17, 15) is 4.79 Å². The Morgan fingerprint density at radius 2 is 2.54 bits per heavy atom. The smallest absolute Gasteiger partial charge is 0.293 e. The topological polar surface area (TPSA) is 70.7 Å². The molecule has 0 bridgehead atoms. The molecule has 0 aromatic carbocycles. The van der Waals surface area contributed by atoms with Crippen molar-refractivity contribution in [1.82, 2.24) is 15.2 Å². The van der Waals surface area contributed by atoms with Crippen LogP contribution in [0.3, 0.4) is 0 Å². The number of anilines is 1. The van der Waals surface area contributed by atoms with Crippen molar-refractivity contribution in [2.24, 2.45) is 0 Å². The third-order valence-corrected chi connectivity index (χ3v) is 2.09. The maximum atomic E-state index is 11.3. The number of nitrogens with zero attached hydrogens (tertiary/aromatic N) is 2. The second-order valence-corrected chi connectivity index (χ2v) is 3.08. The highest BCUT2D eigenvalue weighted by Crippen LogP contribution is 2.12. The molecule has 0 fully saturated rings. The van der Waals surface area contributed by atoms with Gasteiger partial charge in [-0.25, -0.2) is 4.98 Å². The summed E-state index contributed by atoms with van der Waals surface area (Å²) in [5.41, 5.74) is 0.770. The number of H-pyrrole nitrogens is 1. The molecule has 0 spiro atoms. The highest BCUT2D eigenvalue weighted by Gasteiger charge is 2.07. The molecule has 0 radical (unpaired) electrons. The molecule has 0 aliphatic carbocycles. The zero-order chi connectivity index (χ0) is 9.10. The fourth-order valence-corrected chi connectivity index (χ4v) is 1.43. The van der Waals surface area contributed by atoms with Crippen molar-refractivity contribution in [3.8, 4) is 0 Å². The Balaban J connectivity index is 2.08. The molecule has 0 aliphatic rings. The van der Waals surface area contributed by atoms with E-state index in [4.69, 9.17) is 0 Å². The summed E-state index contributed by atoms with van der Waals surface area (Å²) in [4.78, 5) is 15.1. The van der Waals surface area contributed by atoms with E-state index in [1.807, 2.05) is 16.8 Å². The van der Waals surface area contributed by atoms with Gasteiger partial charge in [0.05, 0.1) is 5.69 Å². The predicted molar refractivity (Wildman–Crippen MR) is 48.7 cm³/mol. The maximum absolute atomic E-state index is 11.3. The van der Waals surface area contributed by atoms with Crippen LogP contribution in [0.2, 0.25) is 0 Å². The van der Waals surface area contributed by atoms with Gasteiger partial charge in [0.1, 0.15) is 6.33 Å². The Morgan fingerprint density at radius 3 is 3.15 bits per heavy atom. The van der Waals surface area contributed by atoms with Gasteiger partial charge in [-0.05, 0) is 11.4 Å². The summed E-state index contributed by atoms with van der Waals surface area (Å²) in [6.07, 6.45) is 1.29. The van der Waals surface area contributed by atoms with Gasteiger partial charge >= 0.3 is 0 Å². The normalized spacial score (nSPS) is 9.85. The van der Waals surface area contributed by atoms with E-state index < -0.39 is 0 Å². The number of aromatic nitrogens is 3. The number of aromatic amines is 1. The molecule has 2 heterocycles. The van der Waals surface area contributed by atoms with Gasteiger partial charge < -0.3 is 5.32 Å². The first kappa shape index (κ1) is 7.93. The molecule has 0 saturated carbocycles. The molecule has 6 heteroatoms. The zero-order valence-electron chi connectivity index (χ0n) is 6.52. The van der Waals surface area contributed by atoms with Crippen molar-refractivity contribution in [2.75, 3.05) is 5.32 Å². The van der Waals surface area contributed by atoms with E-state index in [1.54, 1.807) is 0 Å². The standard InChI is InChI=1S/C7H6N4OS/c12-7(6-8-4-9-11-6)10-5-1-2-13-3-5/h1-4H,(H,10,12)(H,8,9,11). The van der Waals surface area contributed by atoms with Crippen molar-refractivity contribution < 1.29 is 4.79 Å². The van der Waals surface area contributed by atoms with Crippen LogP contribution in [0.25, 0.3) is 0 Å². The summed E-state index contributed by atoms with van der Waals surface area (Å²) in [7, 11) is 0. The van der Waals surface area contributed by atoms with Crippen LogP contribution in [-0.4, -0.2) is 21.1 Å². The number of carbonyl (C=O) groups is 1. The Labute approximate surface area is 77.8 Å². The minimum absolute atomic E-state index is 0.214. The molecule has 66 valence electrons. The van der Waals surface area contributed by atoms with E-state index >= 15 is 0 Å². The molecule has 2 aromatic rings. The lowest BCUT2D eigenvalue weighted by Crippen LogP contribution is -2.12. The van der Waals surface area contributed by atoms with Crippen LogP contribution in [0.15, 0.2) is 23.2 Å². The number of thiophene rings is 1. The van der Waals surface area contributed by atoms with Gasteiger partial charge in [-0.3, -0.25) is 9.89 Å². The lowest BCUT2D eigenvalue weighted by molar-refractivity contribution is 0.101. The van der Waals surface area contributed by atoms with E-state index in [2.05, 4.69) is 20.5 Å². The van der Waals surface area contributed by atoms with Crippen LogP contribution in [-0.2, 0) is 0 Å². The van der Waals surface area contributed by atoms with Gasteiger partial charge in [0.15, 0.2) is 0 Å². The molecule has 1 amide bonds. The number of hydrogen-bond acceptors (Lipinski definition) is 4. The van der Waals surface area contributed by atoms with Gasteiger partial charge in [-0.2, -0.15) is 16.4 Å². The van der Waals surface area contributed by atoms with Crippen LogP contribution in [0.5, 0.6) is 0 Å². The van der Waals surface area contributed by atoms with Crippen LogP contribution in [0, 0.1) is 0 Å². The van der Waals surface area contributed by atoms with Crippen LogP contribution in [0.1, 0.15) is 10.6 Å². The number of nitrogens with one attached hydrogen (secondary N) is 2. The summed E-state index contributed by atoms with van der Waals surface area (Å²) in [5, 5.41) is 12.4. The fourth-order valence-electron chi connectivity index (χ4n) is 0.841. The van der Waals surface area contributed by atoms with E-state index in [1.165, 1.54) is 17.7 Å². The monoisotopic (exact) mass is 194 g/mol. The highest BCUT2D eigenvalue weighted by atomic mass is 32.1. The summed E-state index contributed by atoms with van der Waals surface area (Å²) in [6, 6.07) is 1.82. The zero-order valence-corrected chi connectivity index (χ0v) is 7.34. The van der Waals surface area contributed by atoms with Gasteiger partial charge in [0, 0.05) is 5.38 Å². The Bertz CT molecular complexity index is 381. The molecule has 0 aliphatic heterocycles. The molecule has 0 atom stereocenters. The third-order valence-electron chi connectivity index (χ3n) is 1.41. The summed E-state index contributed by atoms with van der Waals surface area (Å²) in [6.45, 7) is 0. The van der Waals surface area contributed by atoms with Crippen molar-refractivity contribution >= 4 is 22.9 Å². The average molecular weight is 194 g/mol. The summed E-state index contributed by atoms with van der Waals surface area (Å²) < 4.78 is 0. The minimum atomic E-state index is -0.282. The van der Waals surface area contributed by atoms with Crippen molar-refractivity contribution in [1.29, 1.82) is 0 Å². The molecular weight excluding hydrogens is 188 g/mol. The largest absolute Gasteiger partial charge is 0.319 e. The van der Waals surface area contributed by atoms with Gasteiger partial charge in [0.25, 0.3) is 5.91 Å². The Kier molecular flexibility index (Phi) is 2.05. The molecule has 5 nitrogen and oxygen atoms in total. The molecule has 0 saturated heterocycles. The van der Waals surface area contributed by atoms with Crippen LogP contribution in [0.4, 0.5) is 5.69 Å². The number of rotatable bonds is 2. The summed E-state index contributed by atoms with van der Waals surface area (Å²) in [5.74, 6) is -0.0675. The minimum Gasteiger partial charge on any atom is -0.319 e. The van der Waals surface area contributed by atoms with Crippen molar-refractivity contribution in [3.63, 3.8) is 0 Å². The number of carbonyl (C=O) groups excluding carboxylic acids is 1. The first-order valence-corrected chi connectivity index (χ1v) is 4.49. The third kappa shape index (κ3) is 1.73. The molecular formula is C7H6N4OS. The van der Waals surface area contributed by atoms with Crippen molar-refractivity contribution in [3.05, 3.63) is 29.0 Å². The molecule has 2 rings (SSSR count). The number of amides is 1. The molecule has 2 aromatic heterocycles. The molecule has 2 N–H and O–H groups in total. The molecule has 0 unspecified atom stereocenters. The second kappa shape index (κ2) is 3.36. The average Bonchev–Trinajstić information content (AvgIpc) is 2.74. The van der Waals surface area contributed by atoms with Gasteiger partial charge in [-0.1, -0.05) is 0 Å². The van der Waals surface area contributed by atoms with E-state index in [0.29, 0.717) is 0 Å². The first-order chi connectivity index (χ1) is 6.36. The SMILES string of the molecule is O=C(Nc1ccsc1)c1ncn[nH]1. The Morgan fingerprint density at radius 1 is 1.62 bits per heavy atom. The van der Waals surface area contributed by atoms with E-state index in [-0.39, 0.29) is 11.7 Å². The fraction of sp³-hybridized carbons (Fsp3) is 0. The van der Waals surface area contributed by atoms with E-state index in [0.717, 1.165) is 5.69 Å². The quantitative estimate of drug-likeness (QED) is 0.752.